The summed E-state index contributed by atoms with van der Waals surface area (Å²) in [5.41, 5.74) is 1.92. The SMILES string of the molecule is FC(F)(F)Oc1ccc(CSc2nnc3sc4ccccc4n23)cc1. The summed E-state index contributed by atoms with van der Waals surface area (Å²) < 4.78 is 43.5. The molecule has 0 N–H and O–H groups in total. The summed E-state index contributed by atoms with van der Waals surface area (Å²) in [6.07, 6.45) is -4.68. The van der Waals surface area contributed by atoms with Gasteiger partial charge in [-0.1, -0.05) is 47.4 Å². The van der Waals surface area contributed by atoms with Crippen LogP contribution < -0.4 is 4.74 Å². The molecule has 0 unspecified atom stereocenters. The largest absolute Gasteiger partial charge is 0.573 e. The number of hydrogen-bond donors (Lipinski definition) is 0. The fraction of sp³-hybridized carbons (Fsp3) is 0.125. The van der Waals surface area contributed by atoms with Crippen molar-refractivity contribution in [1.29, 1.82) is 0 Å². The lowest BCUT2D eigenvalue weighted by atomic mass is 10.2. The summed E-state index contributed by atoms with van der Waals surface area (Å²) in [4.78, 5) is 0.817. The Hall–Kier alpha value is -2.26. The summed E-state index contributed by atoms with van der Waals surface area (Å²) in [5.74, 6) is 0.340. The maximum atomic E-state index is 12.2. The third-order valence-corrected chi connectivity index (χ3v) is 5.45. The van der Waals surface area contributed by atoms with E-state index >= 15 is 0 Å². The second-order valence-corrected chi connectivity index (χ2v) is 7.10. The van der Waals surface area contributed by atoms with Crippen LogP contribution in [0.2, 0.25) is 0 Å². The van der Waals surface area contributed by atoms with Gasteiger partial charge in [-0.3, -0.25) is 4.40 Å². The Labute approximate surface area is 148 Å². The number of nitrogens with zero attached hydrogens (tertiary/aromatic N) is 3. The van der Waals surface area contributed by atoms with Gasteiger partial charge in [-0.25, -0.2) is 0 Å². The van der Waals surface area contributed by atoms with E-state index in [0.29, 0.717) is 5.75 Å². The van der Waals surface area contributed by atoms with E-state index < -0.39 is 6.36 Å². The van der Waals surface area contributed by atoms with Crippen LogP contribution in [0.25, 0.3) is 15.2 Å². The van der Waals surface area contributed by atoms with Gasteiger partial charge in [-0.15, -0.1) is 23.4 Å². The van der Waals surface area contributed by atoms with Gasteiger partial charge in [0.2, 0.25) is 4.96 Å². The zero-order valence-electron chi connectivity index (χ0n) is 12.5. The van der Waals surface area contributed by atoms with Crippen molar-refractivity contribution in [1.82, 2.24) is 14.6 Å². The van der Waals surface area contributed by atoms with E-state index in [2.05, 4.69) is 14.9 Å². The number of ether oxygens (including phenoxy) is 1. The Morgan fingerprint density at radius 3 is 2.56 bits per heavy atom. The Kier molecular flexibility index (Phi) is 4.04. The number of fused-ring (bicyclic) bond motifs is 3. The minimum absolute atomic E-state index is 0.227. The lowest BCUT2D eigenvalue weighted by Gasteiger charge is -2.09. The van der Waals surface area contributed by atoms with Crippen molar-refractivity contribution in [2.75, 3.05) is 0 Å². The van der Waals surface area contributed by atoms with Crippen molar-refractivity contribution in [2.45, 2.75) is 17.3 Å². The van der Waals surface area contributed by atoms with Crippen molar-refractivity contribution in [2.24, 2.45) is 0 Å². The first kappa shape index (κ1) is 16.2. The molecule has 0 aliphatic rings. The lowest BCUT2D eigenvalue weighted by Crippen LogP contribution is -2.16. The number of benzene rings is 2. The Morgan fingerprint density at radius 2 is 1.80 bits per heavy atom. The molecule has 0 aliphatic heterocycles. The van der Waals surface area contributed by atoms with Crippen LogP contribution in [0, 0.1) is 0 Å². The molecule has 4 nitrogen and oxygen atoms in total. The fourth-order valence-corrected chi connectivity index (χ4v) is 4.31. The van der Waals surface area contributed by atoms with Crippen LogP contribution in [-0.2, 0) is 5.75 Å². The molecule has 2 aromatic carbocycles. The van der Waals surface area contributed by atoms with Crippen molar-refractivity contribution in [3.05, 3.63) is 54.1 Å². The van der Waals surface area contributed by atoms with Crippen LogP contribution in [-0.4, -0.2) is 21.0 Å². The predicted octanol–water partition coefficient (Wildman–Crippen LogP) is 5.13. The zero-order valence-corrected chi connectivity index (χ0v) is 14.2. The lowest BCUT2D eigenvalue weighted by molar-refractivity contribution is -0.274. The summed E-state index contributed by atoms with van der Waals surface area (Å²) >= 11 is 3.05. The summed E-state index contributed by atoms with van der Waals surface area (Å²) in [6.45, 7) is 0. The third kappa shape index (κ3) is 3.42. The van der Waals surface area contributed by atoms with Gasteiger partial charge in [0, 0.05) is 5.75 Å². The molecule has 2 heterocycles. The highest BCUT2D eigenvalue weighted by molar-refractivity contribution is 7.98. The first-order valence-corrected chi connectivity index (χ1v) is 9.00. The average molecular weight is 381 g/mol. The molecule has 4 rings (SSSR count). The fourth-order valence-electron chi connectivity index (χ4n) is 2.38. The monoisotopic (exact) mass is 381 g/mol. The maximum absolute atomic E-state index is 12.2. The highest BCUT2D eigenvalue weighted by Gasteiger charge is 2.30. The molecular weight excluding hydrogens is 371 g/mol. The topological polar surface area (TPSA) is 39.4 Å². The standard InChI is InChI=1S/C16H10F3N3OS2/c17-16(18,19)23-11-7-5-10(6-8-11)9-24-14-20-21-15-22(14)12-3-1-2-4-13(12)25-15/h1-8H,9H2. The van der Waals surface area contributed by atoms with Crippen LogP contribution in [0.15, 0.2) is 53.7 Å². The number of para-hydroxylation sites is 1. The number of halogens is 3. The van der Waals surface area contributed by atoms with Gasteiger partial charge < -0.3 is 4.74 Å². The molecule has 0 aliphatic carbocycles. The van der Waals surface area contributed by atoms with E-state index in [1.54, 1.807) is 23.5 Å². The van der Waals surface area contributed by atoms with Crippen LogP contribution in [0.4, 0.5) is 13.2 Å². The summed E-state index contributed by atoms with van der Waals surface area (Å²) in [7, 11) is 0. The Balaban J connectivity index is 1.52. The number of rotatable bonds is 4. The van der Waals surface area contributed by atoms with Gasteiger partial charge in [0.05, 0.1) is 10.2 Å². The van der Waals surface area contributed by atoms with Crippen molar-refractivity contribution in [3.8, 4) is 5.75 Å². The van der Waals surface area contributed by atoms with Crippen molar-refractivity contribution < 1.29 is 17.9 Å². The maximum Gasteiger partial charge on any atom is 0.573 e. The van der Waals surface area contributed by atoms with Gasteiger partial charge in [-0.05, 0) is 29.8 Å². The molecule has 0 atom stereocenters. The zero-order chi connectivity index (χ0) is 17.4. The normalized spacial score (nSPS) is 12.1. The Bertz CT molecular complexity index is 1020. The van der Waals surface area contributed by atoms with E-state index in [4.69, 9.17) is 0 Å². The van der Waals surface area contributed by atoms with Gasteiger partial charge >= 0.3 is 6.36 Å². The predicted molar refractivity (Wildman–Crippen MR) is 91.1 cm³/mol. The first-order chi connectivity index (χ1) is 12.0. The first-order valence-electron chi connectivity index (χ1n) is 7.20. The van der Waals surface area contributed by atoms with E-state index in [1.807, 2.05) is 28.7 Å². The summed E-state index contributed by atoms with van der Waals surface area (Å²) in [5, 5.41) is 9.14. The number of aromatic nitrogens is 3. The van der Waals surface area contributed by atoms with Gasteiger partial charge in [-0.2, -0.15) is 0 Å². The number of alkyl halides is 3. The van der Waals surface area contributed by atoms with Gasteiger partial charge in [0.15, 0.2) is 5.16 Å². The van der Waals surface area contributed by atoms with Crippen molar-refractivity contribution in [3.63, 3.8) is 0 Å². The smallest absolute Gasteiger partial charge is 0.406 e. The molecule has 4 aromatic rings. The van der Waals surface area contributed by atoms with Crippen molar-refractivity contribution >= 4 is 38.3 Å². The molecule has 0 amide bonds. The molecule has 0 fully saturated rings. The molecule has 0 saturated heterocycles. The summed E-state index contributed by atoms with van der Waals surface area (Å²) in [6, 6.07) is 13.8. The average Bonchev–Trinajstić information content (AvgIpc) is 3.12. The molecule has 0 radical (unpaired) electrons. The quantitative estimate of drug-likeness (QED) is 0.459. The number of thioether (sulfide) groups is 1. The molecule has 9 heteroatoms. The molecular formula is C16H10F3N3OS2. The highest BCUT2D eigenvalue weighted by atomic mass is 32.2. The number of thiazole rings is 1. The second-order valence-electron chi connectivity index (χ2n) is 5.15. The minimum Gasteiger partial charge on any atom is -0.406 e. The van der Waals surface area contributed by atoms with E-state index in [9.17, 15) is 13.2 Å². The van der Waals surface area contributed by atoms with Crippen LogP contribution >= 0.6 is 23.1 Å². The third-order valence-electron chi connectivity index (χ3n) is 3.44. The molecule has 0 spiro atoms. The molecule has 0 bridgehead atoms. The second kappa shape index (κ2) is 6.23. The minimum atomic E-state index is -4.68. The Morgan fingerprint density at radius 1 is 1.04 bits per heavy atom. The molecule has 2 aromatic heterocycles. The molecule has 25 heavy (non-hydrogen) atoms. The van der Waals surface area contributed by atoms with Crippen LogP contribution in [0.5, 0.6) is 5.75 Å². The van der Waals surface area contributed by atoms with E-state index in [1.165, 1.54) is 23.9 Å². The highest BCUT2D eigenvalue weighted by Crippen LogP contribution is 2.31. The molecule has 128 valence electrons. The van der Waals surface area contributed by atoms with Crippen LogP contribution in [0.3, 0.4) is 0 Å². The molecule has 0 saturated carbocycles. The van der Waals surface area contributed by atoms with Gasteiger partial charge in [0.25, 0.3) is 0 Å². The van der Waals surface area contributed by atoms with E-state index in [-0.39, 0.29) is 5.75 Å². The number of hydrogen-bond acceptors (Lipinski definition) is 5. The van der Waals surface area contributed by atoms with Crippen LogP contribution in [0.1, 0.15) is 5.56 Å². The van der Waals surface area contributed by atoms with Gasteiger partial charge in [0.1, 0.15) is 5.75 Å². The van der Waals surface area contributed by atoms with E-state index in [0.717, 1.165) is 25.9 Å².